The number of carbonyl (C=O) groups excluding carboxylic acids is 1. The second-order valence-corrected chi connectivity index (χ2v) is 6.30. The van der Waals surface area contributed by atoms with Gasteiger partial charge < -0.3 is 14.3 Å². The molecule has 1 aliphatic heterocycles. The molecule has 2 aromatic carbocycles. The highest BCUT2D eigenvalue weighted by molar-refractivity contribution is 6.03. The number of carbonyl (C=O) groups is 1. The van der Waals surface area contributed by atoms with Crippen molar-refractivity contribution in [3.05, 3.63) is 60.1 Å². The van der Waals surface area contributed by atoms with Crippen molar-refractivity contribution >= 4 is 22.5 Å². The van der Waals surface area contributed by atoms with Crippen molar-refractivity contribution in [2.24, 2.45) is 0 Å². The molecule has 1 saturated heterocycles. The summed E-state index contributed by atoms with van der Waals surface area (Å²) in [4.78, 5) is 16.8. The summed E-state index contributed by atoms with van der Waals surface area (Å²) in [6, 6.07) is 13.9. The number of aromatic nitrogens is 1. The Bertz CT molecular complexity index is 924. The minimum atomic E-state index is -0.253. The fraction of sp³-hybridized carbons (Fsp3) is 0.263. The Labute approximate surface area is 144 Å². The van der Waals surface area contributed by atoms with E-state index in [1.54, 1.807) is 11.0 Å². The summed E-state index contributed by atoms with van der Waals surface area (Å²) in [5.41, 5.74) is 1.51. The van der Waals surface area contributed by atoms with E-state index in [2.05, 4.69) is 10.1 Å². The summed E-state index contributed by atoms with van der Waals surface area (Å²) < 4.78 is 18.7. The first kappa shape index (κ1) is 15.6. The van der Waals surface area contributed by atoms with Gasteiger partial charge in [0.25, 0.3) is 5.91 Å². The molecule has 0 radical (unpaired) electrons. The van der Waals surface area contributed by atoms with E-state index >= 15 is 0 Å². The zero-order valence-electron chi connectivity index (χ0n) is 13.9. The minimum Gasteiger partial charge on any atom is -0.368 e. The molecular formula is C19H18FN3O2. The Kier molecular flexibility index (Phi) is 3.87. The number of hydrogen-bond donors (Lipinski definition) is 0. The quantitative estimate of drug-likeness (QED) is 0.719. The zero-order valence-corrected chi connectivity index (χ0v) is 13.9. The van der Waals surface area contributed by atoms with E-state index in [1.807, 2.05) is 37.3 Å². The van der Waals surface area contributed by atoms with E-state index in [4.69, 9.17) is 4.52 Å². The predicted octanol–water partition coefficient (Wildman–Crippen LogP) is 3.32. The van der Waals surface area contributed by atoms with E-state index in [0.717, 1.165) is 11.1 Å². The van der Waals surface area contributed by atoms with Crippen LogP contribution in [0.2, 0.25) is 0 Å². The van der Waals surface area contributed by atoms with Crippen molar-refractivity contribution in [2.75, 3.05) is 24.5 Å². The number of benzene rings is 2. The highest BCUT2D eigenvalue weighted by atomic mass is 19.1. The summed E-state index contributed by atoms with van der Waals surface area (Å²) in [6.07, 6.45) is 0. The molecule has 1 aliphatic rings. The zero-order chi connectivity index (χ0) is 17.4. The number of halogens is 1. The number of nitrogens with zero attached hydrogens (tertiary/aromatic N) is 3. The third-order valence-electron chi connectivity index (χ3n) is 4.64. The van der Waals surface area contributed by atoms with Crippen LogP contribution in [0.1, 0.15) is 17.5 Å². The maximum Gasteiger partial charge on any atom is 0.293 e. The number of anilines is 1. The van der Waals surface area contributed by atoms with Crippen LogP contribution in [0.15, 0.2) is 53.1 Å². The SMILES string of the molecule is CC1CN(c2cccc(F)c2)CCN1C(=O)c1onc2ccccc12. The fourth-order valence-corrected chi connectivity index (χ4v) is 3.34. The van der Waals surface area contributed by atoms with Gasteiger partial charge in [0, 0.05) is 31.4 Å². The van der Waals surface area contributed by atoms with E-state index in [9.17, 15) is 9.18 Å². The van der Waals surface area contributed by atoms with E-state index in [1.165, 1.54) is 12.1 Å². The molecule has 0 bridgehead atoms. The summed E-state index contributed by atoms with van der Waals surface area (Å²) in [5.74, 6) is -0.126. The molecule has 2 heterocycles. The van der Waals surface area contributed by atoms with E-state index in [0.29, 0.717) is 25.2 Å². The molecule has 1 unspecified atom stereocenters. The van der Waals surface area contributed by atoms with Crippen LogP contribution in [0, 0.1) is 5.82 Å². The first-order chi connectivity index (χ1) is 12.1. The van der Waals surface area contributed by atoms with E-state index in [-0.39, 0.29) is 23.5 Å². The largest absolute Gasteiger partial charge is 0.368 e. The van der Waals surface area contributed by atoms with Gasteiger partial charge in [-0.25, -0.2) is 4.39 Å². The van der Waals surface area contributed by atoms with Crippen LogP contribution in [0.25, 0.3) is 10.9 Å². The Balaban J connectivity index is 1.54. The Morgan fingerprint density at radius 1 is 1.20 bits per heavy atom. The molecule has 25 heavy (non-hydrogen) atoms. The molecule has 1 fully saturated rings. The molecule has 6 heteroatoms. The van der Waals surface area contributed by atoms with Crippen LogP contribution in [-0.4, -0.2) is 41.6 Å². The summed E-state index contributed by atoms with van der Waals surface area (Å²) in [7, 11) is 0. The molecule has 3 aromatic rings. The monoisotopic (exact) mass is 339 g/mol. The molecular weight excluding hydrogens is 321 g/mol. The Morgan fingerprint density at radius 2 is 2.04 bits per heavy atom. The first-order valence-corrected chi connectivity index (χ1v) is 8.29. The fourth-order valence-electron chi connectivity index (χ4n) is 3.34. The standard InChI is InChI=1S/C19H18FN3O2/c1-13-12-22(15-6-4-5-14(20)11-15)9-10-23(13)19(24)18-16-7-2-3-8-17(16)21-25-18/h2-8,11,13H,9-10,12H2,1H3. The van der Waals surface area contributed by atoms with Crippen LogP contribution >= 0.6 is 0 Å². The topological polar surface area (TPSA) is 49.6 Å². The second-order valence-electron chi connectivity index (χ2n) is 6.30. The van der Waals surface area contributed by atoms with Crippen LogP contribution in [0.3, 0.4) is 0 Å². The molecule has 0 N–H and O–H groups in total. The van der Waals surface area contributed by atoms with Crippen molar-refractivity contribution in [1.29, 1.82) is 0 Å². The average molecular weight is 339 g/mol. The van der Waals surface area contributed by atoms with Gasteiger partial charge in [-0.2, -0.15) is 0 Å². The van der Waals surface area contributed by atoms with Gasteiger partial charge in [-0.1, -0.05) is 23.4 Å². The predicted molar refractivity (Wildman–Crippen MR) is 93.1 cm³/mol. The van der Waals surface area contributed by atoms with Crippen LogP contribution in [0.5, 0.6) is 0 Å². The van der Waals surface area contributed by atoms with Crippen LogP contribution in [-0.2, 0) is 0 Å². The normalized spacial score (nSPS) is 17.9. The lowest BCUT2D eigenvalue weighted by molar-refractivity contribution is 0.0634. The molecule has 0 spiro atoms. The van der Waals surface area contributed by atoms with Crippen LogP contribution in [0.4, 0.5) is 10.1 Å². The highest BCUT2D eigenvalue weighted by Gasteiger charge is 2.31. The molecule has 128 valence electrons. The lowest BCUT2D eigenvalue weighted by atomic mass is 10.1. The smallest absolute Gasteiger partial charge is 0.293 e. The Morgan fingerprint density at radius 3 is 2.84 bits per heavy atom. The number of rotatable bonds is 2. The molecule has 1 amide bonds. The van der Waals surface area contributed by atoms with Gasteiger partial charge in [0.15, 0.2) is 0 Å². The second kappa shape index (κ2) is 6.20. The summed E-state index contributed by atoms with van der Waals surface area (Å²) in [5, 5.41) is 4.69. The maximum atomic E-state index is 13.4. The van der Waals surface area contributed by atoms with Crippen LogP contribution < -0.4 is 4.90 Å². The summed E-state index contributed by atoms with van der Waals surface area (Å²) in [6.45, 7) is 3.82. The van der Waals surface area contributed by atoms with Crippen molar-refractivity contribution in [3.63, 3.8) is 0 Å². The number of hydrogen-bond acceptors (Lipinski definition) is 4. The number of fused-ring (bicyclic) bond motifs is 1. The third kappa shape index (κ3) is 2.84. The first-order valence-electron chi connectivity index (χ1n) is 8.29. The lowest BCUT2D eigenvalue weighted by Crippen LogP contribution is -2.54. The molecule has 0 saturated carbocycles. The highest BCUT2D eigenvalue weighted by Crippen LogP contribution is 2.24. The van der Waals surface area contributed by atoms with Gasteiger partial charge in [0.2, 0.25) is 5.76 Å². The summed E-state index contributed by atoms with van der Waals surface area (Å²) >= 11 is 0. The molecule has 5 nitrogen and oxygen atoms in total. The Hall–Kier alpha value is -2.89. The number of amides is 1. The third-order valence-corrected chi connectivity index (χ3v) is 4.64. The number of piperazine rings is 1. The van der Waals surface area contributed by atoms with Gasteiger partial charge in [-0.05, 0) is 37.3 Å². The minimum absolute atomic E-state index is 0.0200. The van der Waals surface area contributed by atoms with Crippen molar-refractivity contribution in [2.45, 2.75) is 13.0 Å². The van der Waals surface area contributed by atoms with Crippen molar-refractivity contribution in [3.8, 4) is 0 Å². The molecule has 0 aliphatic carbocycles. The van der Waals surface area contributed by atoms with Gasteiger partial charge in [0.1, 0.15) is 11.3 Å². The van der Waals surface area contributed by atoms with E-state index < -0.39 is 0 Å². The molecule has 4 rings (SSSR count). The van der Waals surface area contributed by atoms with Gasteiger partial charge in [-0.3, -0.25) is 4.79 Å². The van der Waals surface area contributed by atoms with Gasteiger partial charge in [-0.15, -0.1) is 0 Å². The van der Waals surface area contributed by atoms with Gasteiger partial charge >= 0.3 is 0 Å². The molecule has 1 atom stereocenters. The lowest BCUT2D eigenvalue weighted by Gasteiger charge is -2.40. The van der Waals surface area contributed by atoms with Crippen molar-refractivity contribution in [1.82, 2.24) is 10.1 Å². The van der Waals surface area contributed by atoms with Gasteiger partial charge in [0.05, 0.1) is 5.39 Å². The maximum absolute atomic E-state index is 13.4. The molecule has 1 aromatic heterocycles. The van der Waals surface area contributed by atoms with Crippen molar-refractivity contribution < 1.29 is 13.7 Å². The average Bonchev–Trinajstić information content (AvgIpc) is 3.05.